The summed E-state index contributed by atoms with van der Waals surface area (Å²) in [4.78, 5) is 11.3. The van der Waals surface area contributed by atoms with Gasteiger partial charge in [-0.15, -0.1) is 0 Å². The molecular formula is C19H31N5. The summed E-state index contributed by atoms with van der Waals surface area (Å²) in [6, 6.07) is 5.40. The number of hydrogen-bond donors (Lipinski definition) is 2. The number of nitrogens with zero attached hydrogens (tertiary/aromatic N) is 3. The minimum absolute atomic E-state index is 0.501. The van der Waals surface area contributed by atoms with E-state index < -0.39 is 0 Å². The molecule has 0 amide bonds. The van der Waals surface area contributed by atoms with Crippen molar-refractivity contribution in [3.8, 4) is 0 Å². The fraction of sp³-hybridized carbons (Fsp3) is 0.684. The van der Waals surface area contributed by atoms with Gasteiger partial charge < -0.3 is 15.5 Å². The maximum absolute atomic E-state index is 4.55. The van der Waals surface area contributed by atoms with Gasteiger partial charge in [0.25, 0.3) is 0 Å². The summed E-state index contributed by atoms with van der Waals surface area (Å²) in [6.07, 6.45) is 8.11. The Labute approximate surface area is 146 Å². The third kappa shape index (κ3) is 4.40. The number of pyridine rings is 1. The van der Waals surface area contributed by atoms with E-state index in [2.05, 4.69) is 51.5 Å². The zero-order valence-corrected chi connectivity index (χ0v) is 15.3. The number of aromatic nitrogens is 1. The summed E-state index contributed by atoms with van der Waals surface area (Å²) in [5.41, 5.74) is 1.21. The average molecular weight is 329 g/mol. The zero-order chi connectivity index (χ0) is 16.9. The molecule has 1 aliphatic carbocycles. The van der Waals surface area contributed by atoms with Crippen LogP contribution in [0.1, 0.15) is 44.6 Å². The minimum Gasteiger partial charge on any atom is -0.356 e. The van der Waals surface area contributed by atoms with Crippen LogP contribution in [0.2, 0.25) is 0 Å². The summed E-state index contributed by atoms with van der Waals surface area (Å²) in [6.45, 7) is 6.44. The van der Waals surface area contributed by atoms with Crippen molar-refractivity contribution in [3.63, 3.8) is 0 Å². The number of nitrogens with one attached hydrogen (secondary N) is 2. The number of guanidine groups is 1. The first-order chi connectivity index (χ1) is 11.7. The van der Waals surface area contributed by atoms with Crippen LogP contribution >= 0.6 is 0 Å². The molecule has 5 heteroatoms. The van der Waals surface area contributed by atoms with Gasteiger partial charge in [-0.25, -0.2) is 4.98 Å². The highest BCUT2D eigenvalue weighted by atomic mass is 15.2. The lowest BCUT2D eigenvalue weighted by Crippen LogP contribution is -2.49. The molecule has 2 fully saturated rings. The van der Waals surface area contributed by atoms with Crippen LogP contribution in [0, 0.1) is 12.8 Å². The van der Waals surface area contributed by atoms with Crippen molar-refractivity contribution in [1.82, 2.24) is 15.6 Å². The van der Waals surface area contributed by atoms with Crippen molar-refractivity contribution in [2.45, 2.75) is 58.0 Å². The molecule has 1 saturated carbocycles. The Morgan fingerprint density at radius 2 is 2.08 bits per heavy atom. The van der Waals surface area contributed by atoms with Crippen molar-refractivity contribution in [1.29, 1.82) is 0 Å². The maximum Gasteiger partial charge on any atom is 0.191 e. The van der Waals surface area contributed by atoms with Crippen LogP contribution in [-0.4, -0.2) is 43.2 Å². The van der Waals surface area contributed by atoms with Crippen LogP contribution in [0.3, 0.4) is 0 Å². The van der Waals surface area contributed by atoms with E-state index in [1.165, 1.54) is 24.8 Å². The predicted molar refractivity (Wildman–Crippen MR) is 101 cm³/mol. The van der Waals surface area contributed by atoms with E-state index >= 15 is 0 Å². The van der Waals surface area contributed by atoms with E-state index in [1.54, 1.807) is 0 Å². The molecule has 1 saturated heterocycles. The number of aliphatic imine (C=N–C) groups is 1. The number of hydrogen-bond acceptors (Lipinski definition) is 3. The second kappa shape index (κ2) is 7.86. The highest BCUT2D eigenvalue weighted by Gasteiger charge is 2.36. The molecule has 2 atom stereocenters. The van der Waals surface area contributed by atoms with E-state index in [-0.39, 0.29) is 0 Å². The number of anilines is 1. The van der Waals surface area contributed by atoms with E-state index in [9.17, 15) is 0 Å². The fourth-order valence-electron chi connectivity index (χ4n) is 3.55. The highest BCUT2D eigenvalue weighted by Crippen LogP contribution is 2.34. The molecule has 2 aliphatic rings. The van der Waals surface area contributed by atoms with Crippen LogP contribution in [-0.2, 0) is 0 Å². The van der Waals surface area contributed by atoms with Gasteiger partial charge in [0, 0.05) is 38.4 Å². The first kappa shape index (κ1) is 17.1. The van der Waals surface area contributed by atoms with Crippen molar-refractivity contribution in [3.05, 3.63) is 23.9 Å². The third-order valence-electron chi connectivity index (χ3n) is 5.18. The van der Waals surface area contributed by atoms with Gasteiger partial charge in [-0.1, -0.05) is 19.4 Å². The molecule has 1 aromatic rings. The normalized spacial score (nSPS) is 24.8. The van der Waals surface area contributed by atoms with Gasteiger partial charge in [0.2, 0.25) is 0 Å². The summed E-state index contributed by atoms with van der Waals surface area (Å²) in [5.74, 6) is 2.93. The minimum atomic E-state index is 0.501. The summed E-state index contributed by atoms with van der Waals surface area (Å²) in [7, 11) is 1.87. The smallest absolute Gasteiger partial charge is 0.191 e. The SMILES string of the molecule is CCCC1CC1NC(=NC)NC1CCN(c2ccc(C)cn2)CC1. The highest BCUT2D eigenvalue weighted by molar-refractivity contribution is 5.80. The lowest BCUT2D eigenvalue weighted by molar-refractivity contribution is 0.458. The maximum atomic E-state index is 4.55. The first-order valence-corrected chi connectivity index (χ1v) is 9.37. The summed E-state index contributed by atoms with van der Waals surface area (Å²) < 4.78 is 0. The fourth-order valence-corrected chi connectivity index (χ4v) is 3.55. The zero-order valence-electron chi connectivity index (χ0n) is 15.3. The molecule has 3 rings (SSSR count). The van der Waals surface area contributed by atoms with Gasteiger partial charge in [0.1, 0.15) is 5.82 Å². The Bertz CT molecular complexity index is 545. The van der Waals surface area contributed by atoms with Gasteiger partial charge >= 0.3 is 0 Å². The van der Waals surface area contributed by atoms with Crippen LogP contribution in [0.4, 0.5) is 5.82 Å². The Morgan fingerprint density at radius 3 is 2.71 bits per heavy atom. The Hall–Kier alpha value is -1.78. The second-order valence-corrected chi connectivity index (χ2v) is 7.21. The molecule has 1 aliphatic heterocycles. The Morgan fingerprint density at radius 1 is 1.29 bits per heavy atom. The Balaban J connectivity index is 1.43. The van der Waals surface area contributed by atoms with Crippen molar-refractivity contribution < 1.29 is 0 Å². The molecule has 2 unspecified atom stereocenters. The van der Waals surface area contributed by atoms with E-state index in [0.717, 1.165) is 43.6 Å². The number of piperidine rings is 1. The topological polar surface area (TPSA) is 52.6 Å². The molecule has 0 bridgehead atoms. The van der Waals surface area contributed by atoms with E-state index in [1.807, 2.05) is 13.2 Å². The van der Waals surface area contributed by atoms with E-state index in [0.29, 0.717) is 12.1 Å². The predicted octanol–water partition coefficient (Wildman–Crippen LogP) is 2.71. The van der Waals surface area contributed by atoms with Gasteiger partial charge in [0.15, 0.2) is 5.96 Å². The standard InChI is InChI=1S/C19H31N5/c1-4-5-15-12-17(15)23-19(20-3)22-16-8-10-24(11-9-16)18-7-6-14(2)13-21-18/h6-7,13,15-17H,4-5,8-12H2,1-3H3,(H2,20,22,23). The molecule has 0 aromatic carbocycles. The third-order valence-corrected chi connectivity index (χ3v) is 5.18. The van der Waals surface area contributed by atoms with Crippen LogP contribution in [0.25, 0.3) is 0 Å². The van der Waals surface area contributed by atoms with Gasteiger partial charge in [0.05, 0.1) is 0 Å². The molecule has 1 aromatic heterocycles. The molecule has 0 radical (unpaired) electrons. The quantitative estimate of drug-likeness (QED) is 0.644. The largest absolute Gasteiger partial charge is 0.356 e. The number of aryl methyl sites for hydroxylation is 1. The first-order valence-electron chi connectivity index (χ1n) is 9.37. The molecule has 24 heavy (non-hydrogen) atoms. The molecule has 0 spiro atoms. The average Bonchev–Trinajstić information content (AvgIpc) is 3.33. The summed E-state index contributed by atoms with van der Waals surface area (Å²) >= 11 is 0. The molecule has 2 heterocycles. The lowest BCUT2D eigenvalue weighted by Gasteiger charge is -2.33. The van der Waals surface area contributed by atoms with Crippen molar-refractivity contribution in [2.24, 2.45) is 10.9 Å². The lowest BCUT2D eigenvalue weighted by atomic mass is 10.1. The van der Waals surface area contributed by atoms with Gasteiger partial charge in [-0.2, -0.15) is 0 Å². The molecule has 132 valence electrons. The van der Waals surface area contributed by atoms with Crippen LogP contribution in [0.5, 0.6) is 0 Å². The molecular weight excluding hydrogens is 298 g/mol. The van der Waals surface area contributed by atoms with Gasteiger partial charge in [-0.05, 0) is 50.2 Å². The Kier molecular flexibility index (Phi) is 5.59. The van der Waals surface area contributed by atoms with Crippen molar-refractivity contribution >= 4 is 11.8 Å². The van der Waals surface area contributed by atoms with Crippen LogP contribution in [0.15, 0.2) is 23.3 Å². The number of rotatable bonds is 5. The molecule has 5 nitrogen and oxygen atoms in total. The summed E-state index contributed by atoms with van der Waals surface area (Å²) in [5, 5.41) is 7.20. The van der Waals surface area contributed by atoms with Gasteiger partial charge in [-0.3, -0.25) is 4.99 Å². The van der Waals surface area contributed by atoms with Crippen molar-refractivity contribution in [2.75, 3.05) is 25.0 Å². The molecule has 2 N–H and O–H groups in total. The monoisotopic (exact) mass is 329 g/mol. The van der Waals surface area contributed by atoms with E-state index in [4.69, 9.17) is 0 Å². The second-order valence-electron chi connectivity index (χ2n) is 7.21. The van der Waals surface area contributed by atoms with Crippen LogP contribution < -0.4 is 15.5 Å².